The van der Waals surface area contributed by atoms with Crippen molar-refractivity contribution in [3.05, 3.63) is 0 Å². The SMILES string of the molecule is CCC(C)C(N)CN(C)CC1CCCOC1. The van der Waals surface area contributed by atoms with Crippen LogP contribution in [0.25, 0.3) is 0 Å². The molecule has 0 bridgehead atoms. The normalized spacial score (nSPS) is 25.7. The average Bonchev–Trinajstić information content (AvgIpc) is 2.29. The Morgan fingerprint density at radius 1 is 1.50 bits per heavy atom. The predicted octanol–water partition coefficient (Wildman–Crippen LogP) is 1.72. The first kappa shape index (κ1) is 13.9. The molecule has 1 aliphatic heterocycles. The number of likely N-dealkylation sites (N-methyl/N-ethyl adjacent to an activating group) is 1. The lowest BCUT2D eigenvalue weighted by molar-refractivity contribution is 0.0407. The van der Waals surface area contributed by atoms with Crippen LogP contribution in [-0.4, -0.2) is 44.3 Å². The van der Waals surface area contributed by atoms with Crippen molar-refractivity contribution >= 4 is 0 Å². The van der Waals surface area contributed by atoms with Gasteiger partial charge in [0.15, 0.2) is 0 Å². The highest BCUT2D eigenvalue weighted by Crippen LogP contribution is 2.15. The Morgan fingerprint density at radius 3 is 2.81 bits per heavy atom. The van der Waals surface area contributed by atoms with Crippen LogP contribution in [0.3, 0.4) is 0 Å². The summed E-state index contributed by atoms with van der Waals surface area (Å²) >= 11 is 0. The molecule has 3 unspecified atom stereocenters. The van der Waals surface area contributed by atoms with E-state index in [4.69, 9.17) is 10.5 Å². The molecular weight excluding hydrogens is 200 g/mol. The monoisotopic (exact) mass is 228 g/mol. The summed E-state index contributed by atoms with van der Waals surface area (Å²) in [4.78, 5) is 2.37. The second kappa shape index (κ2) is 7.25. The van der Waals surface area contributed by atoms with E-state index in [9.17, 15) is 0 Å². The molecule has 0 radical (unpaired) electrons. The van der Waals surface area contributed by atoms with E-state index in [0.29, 0.717) is 17.9 Å². The molecule has 0 saturated carbocycles. The molecule has 0 amide bonds. The minimum Gasteiger partial charge on any atom is -0.381 e. The minimum absolute atomic E-state index is 0.305. The lowest BCUT2D eigenvalue weighted by Crippen LogP contribution is -2.42. The summed E-state index contributed by atoms with van der Waals surface area (Å²) in [6.07, 6.45) is 3.69. The molecule has 1 aliphatic rings. The fourth-order valence-electron chi connectivity index (χ4n) is 2.31. The smallest absolute Gasteiger partial charge is 0.0506 e. The first-order valence-electron chi connectivity index (χ1n) is 6.65. The van der Waals surface area contributed by atoms with Crippen LogP contribution < -0.4 is 5.73 Å². The number of rotatable bonds is 6. The number of nitrogens with zero attached hydrogens (tertiary/aromatic N) is 1. The van der Waals surface area contributed by atoms with Crippen LogP contribution >= 0.6 is 0 Å². The van der Waals surface area contributed by atoms with Crippen LogP contribution in [0.1, 0.15) is 33.1 Å². The van der Waals surface area contributed by atoms with Crippen molar-refractivity contribution in [1.82, 2.24) is 4.90 Å². The standard InChI is InChI=1S/C13H28N2O/c1-4-11(2)13(14)9-15(3)8-12-6-5-7-16-10-12/h11-13H,4-10,14H2,1-3H3. The molecule has 1 saturated heterocycles. The Labute approximate surface area is 100 Å². The van der Waals surface area contributed by atoms with E-state index in [1.165, 1.54) is 19.3 Å². The fourth-order valence-corrected chi connectivity index (χ4v) is 2.31. The molecule has 0 aliphatic carbocycles. The third-order valence-electron chi connectivity index (χ3n) is 3.72. The molecule has 0 aromatic rings. The molecule has 0 spiro atoms. The highest BCUT2D eigenvalue weighted by molar-refractivity contribution is 4.74. The van der Waals surface area contributed by atoms with Crippen LogP contribution in [-0.2, 0) is 4.74 Å². The highest BCUT2D eigenvalue weighted by atomic mass is 16.5. The van der Waals surface area contributed by atoms with E-state index >= 15 is 0 Å². The van der Waals surface area contributed by atoms with Gasteiger partial charge in [-0.25, -0.2) is 0 Å². The largest absolute Gasteiger partial charge is 0.381 e. The molecule has 1 fully saturated rings. The zero-order valence-electron chi connectivity index (χ0n) is 11.1. The fraction of sp³-hybridized carbons (Fsp3) is 1.00. The number of nitrogens with two attached hydrogens (primary N) is 1. The summed E-state index contributed by atoms with van der Waals surface area (Å²) in [5.74, 6) is 1.33. The first-order valence-corrected chi connectivity index (χ1v) is 6.65. The van der Waals surface area contributed by atoms with Gasteiger partial charge in [-0.3, -0.25) is 0 Å². The molecule has 3 nitrogen and oxygen atoms in total. The summed E-state index contributed by atoms with van der Waals surface area (Å²) in [6.45, 7) is 8.47. The number of ether oxygens (including phenoxy) is 1. The zero-order valence-corrected chi connectivity index (χ0v) is 11.1. The maximum atomic E-state index is 6.16. The van der Waals surface area contributed by atoms with E-state index < -0.39 is 0 Å². The van der Waals surface area contributed by atoms with Crippen LogP contribution in [0.4, 0.5) is 0 Å². The Kier molecular flexibility index (Phi) is 6.32. The van der Waals surface area contributed by atoms with Crippen molar-refractivity contribution < 1.29 is 4.74 Å². The van der Waals surface area contributed by atoms with E-state index in [1.807, 2.05) is 0 Å². The van der Waals surface area contributed by atoms with Gasteiger partial charge in [-0.15, -0.1) is 0 Å². The lowest BCUT2D eigenvalue weighted by Gasteiger charge is -2.30. The van der Waals surface area contributed by atoms with Gasteiger partial charge in [-0.2, -0.15) is 0 Å². The van der Waals surface area contributed by atoms with E-state index in [0.717, 1.165) is 26.3 Å². The summed E-state index contributed by atoms with van der Waals surface area (Å²) in [5, 5.41) is 0. The Bertz CT molecular complexity index is 177. The Balaban J connectivity index is 2.20. The predicted molar refractivity (Wildman–Crippen MR) is 68.5 cm³/mol. The molecule has 0 aromatic heterocycles. The van der Waals surface area contributed by atoms with Crippen LogP contribution in [0.2, 0.25) is 0 Å². The summed E-state index contributed by atoms with van der Waals surface area (Å²) < 4.78 is 5.50. The average molecular weight is 228 g/mol. The topological polar surface area (TPSA) is 38.5 Å². The van der Waals surface area contributed by atoms with Crippen LogP contribution in [0.15, 0.2) is 0 Å². The van der Waals surface area contributed by atoms with Gasteiger partial charge < -0.3 is 15.4 Å². The van der Waals surface area contributed by atoms with Crippen molar-refractivity contribution in [1.29, 1.82) is 0 Å². The van der Waals surface area contributed by atoms with Crippen molar-refractivity contribution in [3.8, 4) is 0 Å². The van der Waals surface area contributed by atoms with Gasteiger partial charge in [0.25, 0.3) is 0 Å². The molecule has 1 rings (SSSR count). The molecule has 1 heterocycles. The van der Waals surface area contributed by atoms with Crippen LogP contribution in [0.5, 0.6) is 0 Å². The van der Waals surface area contributed by atoms with Gasteiger partial charge in [0.05, 0.1) is 6.61 Å². The maximum Gasteiger partial charge on any atom is 0.0506 e. The second-order valence-corrected chi connectivity index (χ2v) is 5.35. The van der Waals surface area contributed by atoms with E-state index in [-0.39, 0.29) is 0 Å². The molecule has 0 aromatic carbocycles. The van der Waals surface area contributed by atoms with Crippen molar-refractivity contribution in [3.63, 3.8) is 0 Å². The Hall–Kier alpha value is -0.120. The molecule has 16 heavy (non-hydrogen) atoms. The maximum absolute atomic E-state index is 6.16. The van der Waals surface area contributed by atoms with Gasteiger partial charge in [-0.05, 0) is 31.7 Å². The van der Waals surface area contributed by atoms with E-state index in [1.54, 1.807) is 0 Å². The van der Waals surface area contributed by atoms with Gasteiger partial charge in [0, 0.05) is 25.7 Å². The number of hydrogen-bond donors (Lipinski definition) is 1. The quantitative estimate of drug-likeness (QED) is 0.752. The van der Waals surface area contributed by atoms with Gasteiger partial charge in [-0.1, -0.05) is 20.3 Å². The molecule has 2 N–H and O–H groups in total. The summed E-state index contributed by atoms with van der Waals surface area (Å²) in [7, 11) is 2.18. The first-order chi connectivity index (χ1) is 7.63. The van der Waals surface area contributed by atoms with Crippen molar-refractivity contribution in [2.45, 2.75) is 39.2 Å². The third-order valence-corrected chi connectivity index (χ3v) is 3.72. The van der Waals surface area contributed by atoms with Crippen LogP contribution in [0, 0.1) is 11.8 Å². The number of hydrogen-bond acceptors (Lipinski definition) is 3. The van der Waals surface area contributed by atoms with Gasteiger partial charge in [0.1, 0.15) is 0 Å². The molecule has 3 atom stereocenters. The third kappa shape index (κ3) is 4.81. The van der Waals surface area contributed by atoms with Gasteiger partial charge >= 0.3 is 0 Å². The van der Waals surface area contributed by atoms with Crippen molar-refractivity contribution in [2.75, 3.05) is 33.4 Å². The minimum atomic E-state index is 0.305. The van der Waals surface area contributed by atoms with Gasteiger partial charge in [0.2, 0.25) is 0 Å². The lowest BCUT2D eigenvalue weighted by atomic mass is 9.98. The zero-order chi connectivity index (χ0) is 12.0. The van der Waals surface area contributed by atoms with Crippen molar-refractivity contribution in [2.24, 2.45) is 17.6 Å². The van der Waals surface area contributed by atoms with E-state index in [2.05, 4.69) is 25.8 Å². The molecule has 3 heteroatoms. The Morgan fingerprint density at radius 2 is 2.25 bits per heavy atom. The molecule has 96 valence electrons. The summed E-state index contributed by atoms with van der Waals surface area (Å²) in [5.41, 5.74) is 6.16. The summed E-state index contributed by atoms with van der Waals surface area (Å²) in [6, 6.07) is 0.305. The highest BCUT2D eigenvalue weighted by Gasteiger charge is 2.18. The molecular formula is C13H28N2O. The second-order valence-electron chi connectivity index (χ2n) is 5.35.